The molecule has 6 heteroatoms. The van der Waals surface area contributed by atoms with E-state index in [1.807, 2.05) is 50.5 Å². The van der Waals surface area contributed by atoms with E-state index in [2.05, 4.69) is 34.1 Å². The maximum absolute atomic E-state index is 12.1. The molecule has 0 spiro atoms. The van der Waals surface area contributed by atoms with Crippen LogP contribution in [0.2, 0.25) is 0 Å². The maximum atomic E-state index is 12.1. The van der Waals surface area contributed by atoms with Gasteiger partial charge in [0.05, 0.1) is 16.6 Å². The van der Waals surface area contributed by atoms with E-state index in [9.17, 15) is 4.79 Å². The molecule has 1 amide bonds. The van der Waals surface area contributed by atoms with Crippen LogP contribution in [0.5, 0.6) is 0 Å². The first-order chi connectivity index (χ1) is 15.5. The molecule has 1 fully saturated rings. The van der Waals surface area contributed by atoms with E-state index >= 15 is 0 Å². The molecule has 4 aromatic rings. The molecule has 1 aliphatic rings. The van der Waals surface area contributed by atoms with Crippen LogP contribution < -0.4 is 10.6 Å². The standard InChI is InChI=1S/C26H27N5O/c1-30(2)26-19(13-17-7-3-5-9-22(17)29-26)16-31-12-11-18(15-31)24-14-21(25(27)32)20-8-4-6-10-23(20)28-24/h3-10,13-14,18H,11-12,15-16H2,1-2H3,(H2,27,32)/t18-/m0/s1. The van der Waals surface area contributed by atoms with Crippen molar-refractivity contribution in [2.45, 2.75) is 18.9 Å². The number of fused-ring (bicyclic) bond motifs is 2. The Morgan fingerprint density at radius 3 is 2.59 bits per heavy atom. The van der Waals surface area contributed by atoms with Gasteiger partial charge in [-0.2, -0.15) is 0 Å². The van der Waals surface area contributed by atoms with Gasteiger partial charge >= 0.3 is 0 Å². The van der Waals surface area contributed by atoms with Gasteiger partial charge in [0, 0.05) is 55.1 Å². The number of anilines is 1. The van der Waals surface area contributed by atoms with Crippen molar-refractivity contribution in [2.75, 3.05) is 32.1 Å². The van der Waals surface area contributed by atoms with Crippen LogP contribution in [0.15, 0.2) is 60.7 Å². The van der Waals surface area contributed by atoms with Crippen molar-refractivity contribution in [3.8, 4) is 0 Å². The molecule has 3 heterocycles. The van der Waals surface area contributed by atoms with Gasteiger partial charge in [-0.25, -0.2) is 4.98 Å². The molecule has 0 bridgehead atoms. The highest BCUT2D eigenvalue weighted by molar-refractivity contribution is 6.05. The number of likely N-dealkylation sites (tertiary alicyclic amines) is 1. The fourth-order valence-electron chi connectivity index (χ4n) is 4.72. The van der Waals surface area contributed by atoms with E-state index in [1.54, 1.807) is 0 Å². The van der Waals surface area contributed by atoms with Crippen LogP contribution >= 0.6 is 0 Å². The maximum Gasteiger partial charge on any atom is 0.249 e. The summed E-state index contributed by atoms with van der Waals surface area (Å²) >= 11 is 0. The Balaban J connectivity index is 1.42. The first-order valence-corrected chi connectivity index (χ1v) is 11.0. The molecule has 2 N–H and O–H groups in total. The summed E-state index contributed by atoms with van der Waals surface area (Å²) in [6, 6.07) is 20.1. The number of primary amides is 1. The van der Waals surface area contributed by atoms with Crippen LogP contribution in [0.4, 0.5) is 5.82 Å². The number of para-hydroxylation sites is 2. The normalized spacial score (nSPS) is 16.6. The largest absolute Gasteiger partial charge is 0.366 e. The summed E-state index contributed by atoms with van der Waals surface area (Å²) < 4.78 is 0. The number of aromatic nitrogens is 2. The smallest absolute Gasteiger partial charge is 0.249 e. The topological polar surface area (TPSA) is 75.3 Å². The minimum absolute atomic E-state index is 0.272. The van der Waals surface area contributed by atoms with Crippen molar-refractivity contribution in [1.29, 1.82) is 0 Å². The summed E-state index contributed by atoms with van der Waals surface area (Å²) in [4.78, 5) is 26.4. The molecule has 1 aliphatic heterocycles. The van der Waals surface area contributed by atoms with Gasteiger partial charge < -0.3 is 10.6 Å². The molecule has 1 atom stereocenters. The van der Waals surface area contributed by atoms with Gasteiger partial charge in [0.1, 0.15) is 5.82 Å². The van der Waals surface area contributed by atoms with Crippen molar-refractivity contribution < 1.29 is 4.79 Å². The van der Waals surface area contributed by atoms with Gasteiger partial charge in [0.2, 0.25) is 5.91 Å². The lowest BCUT2D eigenvalue weighted by Gasteiger charge is -2.22. The minimum atomic E-state index is -0.405. The molecule has 6 nitrogen and oxygen atoms in total. The highest BCUT2D eigenvalue weighted by Gasteiger charge is 2.27. The predicted molar refractivity (Wildman–Crippen MR) is 129 cm³/mol. The Kier molecular flexibility index (Phi) is 5.23. The van der Waals surface area contributed by atoms with Crippen molar-refractivity contribution in [2.24, 2.45) is 5.73 Å². The monoisotopic (exact) mass is 425 g/mol. The third-order valence-corrected chi connectivity index (χ3v) is 6.29. The fraction of sp³-hybridized carbons (Fsp3) is 0.269. The Morgan fingerprint density at radius 1 is 1.06 bits per heavy atom. The van der Waals surface area contributed by atoms with E-state index in [0.29, 0.717) is 5.56 Å². The van der Waals surface area contributed by atoms with Crippen molar-refractivity contribution in [3.63, 3.8) is 0 Å². The molecule has 5 rings (SSSR count). The number of hydrogen-bond acceptors (Lipinski definition) is 5. The van der Waals surface area contributed by atoms with Crippen molar-refractivity contribution in [3.05, 3.63) is 77.5 Å². The number of nitrogens with zero attached hydrogens (tertiary/aromatic N) is 4. The summed E-state index contributed by atoms with van der Waals surface area (Å²) in [6.45, 7) is 2.70. The van der Waals surface area contributed by atoms with Crippen LogP contribution in [0.1, 0.15) is 34.0 Å². The molecule has 2 aromatic carbocycles. The Bertz CT molecular complexity index is 1320. The average molecular weight is 426 g/mol. The van der Waals surface area contributed by atoms with E-state index in [-0.39, 0.29) is 5.92 Å². The molecule has 162 valence electrons. The second-order valence-electron chi connectivity index (χ2n) is 8.76. The third kappa shape index (κ3) is 3.78. The quantitative estimate of drug-likeness (QED) is 0.524. The molecule has 2 aromatic heterocycles. The lowest BCUT2D eigenvalue weighted by Crippen LogP contribution is -2.23. The van der Waals surface area contributed by atoms with Gasteiger partial charge in [-0.3, -0.25) is 14.7 Å². The number of benzene rings is 2. The minimum Gasteiger partial charge on any atom is -0.366 e. The molecule has 0 radical (unpaired) electrons. The van der Waals surface area contributed by atoms with Crippen LogP contribution in [0.3, 0.4) is 0 Å². The molecule has 0 saturated carbocycles. The second-order valence-corrected chi connectivity index (χ2v) is 8.76. The van der Waals surface area contributed by atoms with Crippen LogP contribution in [0, 0.1) is 0 Å². The highest BCUT2D eigenvalue weighted by atomic mass is 16.1. The van der Waals surface area contributed by atoms with Gasteiger partial charge in [-0.1, -0.05) is 36.4 Å². The number of hydrogen-bond donors (Lipinski definition) is 1. The zero-order chi connectivity index (χ0) is 22.2. The lowest BCUT2D eigenvalue weighted by molar-refractivity contribution is 0.100. The second kappa shape index (κ2) is 8.20. The summed E-state index contributed by atoms with van der Waals surface area (Å²) in [6.07, 6.45) is 1.00. The molecule has 1 saturated heterocycles. The van der Waals surface area contributed by atoms with Crippen LogP contribution in [-0.2, 0) is 6.54 Å². The lowest BCUT2D eigenvalue weighted by atomic mass is 9.99. The Morgan fingerprint density at radius 2 is 1.81 bits per heavy atom. The Labute approximate surface area is 187 Å². The van der Waals surface area contributed by atoms with E-state index in [1.165, 1.54) is 5.56 Å². The summed E-state index contributed by atoms with van der Waals surface area (Å²) in [5.41, 5.74) is 10.2. The van der Waals surface area contributed by atoms with E-state index in [0.717, 1.165) is 59.4 Å². The van der Waals surface area contributed by atoms with Crippen LogP contribution in [-0.4, -0.2) is 48.0 Å². The number of rotatable bonds is 5. The van der Waals surface area contributed by atoms with Gasteiger partial charge in [0.15, 0.2) is 0 Å². The van der Waals surface area contributed by atoms with Gasteiger partial charge in [0.25, 0.3) is 0 Å². The number of carbonyl (C=O) groups is 1. The SMILES string of the molecule is CN(C)c1nc2ccccc2cc1CN1CC[C@H](c2cc(C(N)=O)c3ccccc3n2)C1. The number of pyridine rings is 2. The summed E-state index contributed by atoms with van der Waals surface area (Å²) in [7, 11) is 4.08. The molecular weight excluding hydrogens is 398 g/mol. The first kappa shape index (κ1) is 20.4. The zero-order valence-corrected chi connectivity index (χ0v) is 18.5. The van der Waals surface area contributed by atoms with Gasteiger partial charge in [-0.05, 0) is 37.2 Å². The fourth-order valence-corrected chi connectivity index (χ4v) is 4.72. The summed E-state index contributed by atoms with van der Waals surface area (Å²) in [5.74, 6) is 0.874. The molecular formula is C26H27N5O. The first-order valence-electron chi connectivity index (χ1n) is 11.0. The number of amides is 1. The molecule has 0 aliphatic carbocycles. The van der Waals surface area contributed by atoms with E-state index < -0.39 is 5.91 Å². The van der Waals surface area contributed by atoms with Crippen molar-refractivity contribution in [1.82, 2.24) is 14.9 Å². The van der Waals surface area contributed by atoms with E-state index in [4.69, 9.17) is 15.7 Å². The van der Waals surface area contributed by atoms with Gasteiger partial charge in [-0.15, -0.1) is 0 Å². The van der Waals surface area contributed by atoms with Crippen LogP contribution in [0.25, 0.3) is 21.8 Å². The predicted octanol–water partition coefficient (Wildman–Crippen LogP) is 3.94. The molecule has 0 unspecified atom stereocenters. The average Bonchev–Trinajstić information content (AvgIpc) is 3.26. The third-order valence-electron chi connectivity index (χ3n) is 6.29. The molecule has 32 heavy (non-hydrogen) atoms. The highest BCUT2D eigenvalue weighted by Crippen LogP contribution is 2.31. The summed E-state index contributed by atoms with van der Waals surface area (Å²) in [5, 5.41) is 1.97. The number of carbonyl (C=O) groups excluding carboxylic acids is 1. The van der Waals surface area contributed by atoms with Crippen molar-refractivity contribution >= 4 is 33.5 Å². The zero-order valence-electron chi connectivity index (χ0n) is 18.5. The number of nitrogens with two attached hydrogens (primary N) is 1. The Hall–Kier alpha value is -3.51.